The highest BCUT2D eigenvalue weighted by atomic mass is 35.5. The topological polar surface area (TPSA) is 106 Å². The maximum atomic E-state index is 12.8. The molecule has 0 unspecified atom stereocenters. The molecule has 0 bridgehead atoms. The lowest BCUT2D eigenvalue weighted by molar-refractivity contribution is 0.0973. The lowest BCUT2D eigenvalue weighted by atomic mass is 9.73. The van der Waals surface area contributed by atoms with Gasteiger partial charge in [-0.2, -0.15) is 0 Å². The normalized spacial score (nSPS) is 23.7. The molecule has 0 aliphatic carbocycles. The molecule has 0 saturated carbocycles. The molecular weight excluding hydrogens is 480 g/mol. The van der Waals surface area contributed by atoms with Crippen LogP contribution in [0.3, 0.4) is 0 Å². The molecule has 1 spiro atoms. The van der Waals surface area contributed by atoms with E-state index in [1.807, 2.05) is 20.8 Å². The monoisotopic (exact) mass is 510 g/mol. The van der Waals surface area contributed by atoms with Gasteiger partial charge in [0.2, 0.25) is 0 Å². The molecule has 2 aromatic heterocycles. The number of aromatic nitrogens is 3. The minimum Gasteiger partial charge on any atom is -0.384 e. The van der Waals surface area contributed by atoms with Crippen molar-refractivity contribution in [1.82, 2.24) is 19.7 Å². The number of nitrogens with one attached hydrogen (secondary N) is 1. The Balaban J connectivity index is 1.39. The number of pyridine rings is 1. The zero-order valence-electron chi connectivity index (χ0n) is 19.4. The second-order valence-corrected chi connectivity index (χ2v) is 13.2. The Hall–Kier alpha value is -1.46. The molecule has 180 valence electrons. The van der Waals surface area contributed by atoms with Gasteiger partial charge in [-0.1, -0.05) is 23.4 Å². The van der Waals surface area contributed by atoms with Crippen molar-refractivity contribution in [2.75, 3.05) is 30.3 Å². The number of nitrogens with zero attached hydrogens (tertiary/aromatic N) is 4. The number of hydrogen-bond donors (Lipinski definition) is 2. The first-order valence-electron chi connectivity index (χ1n) is 11.0. The Morgan fingerprint density at radius 2 is 1.97 bits per heavy atom. The van der Waals surface area contributed by atoms with Crippen molar-refractivity contribution in [2.45, 2.75) is 67.4 Å². The third kappa shape index (κ3) is 5.45. The summed E-state index contributed by atoms with van der Waals surface area (Å²) in [6.45, 7) is 10.4. The lowest BCUT2D eigenvalue weighted by Gasteiger charge is -2.43. The third-order valence-electron chi connectivity index (χ3n) is 6.31. The average Bonchev–Trinajstić information content (AvgIpc) is 3.06. The fourth-order valence-corrected chi connectivity index (χ4v) is 6.28. The fraction of sp³-hybridized carbons (Fsp3) is 0.591. The SMILES string of the molecule is C[C@@H]1OCC2(CCN(c3cnc(Sc4cnc(N)cc4Cl)cn3)CC2)[C@@H]1N[S@](=O)C(C)(C)C. The highest BCUT2D eigenvalue weighted by Gasteiger charge is 2.50. The van der Waals surface area contributed by atoms with Crippen LogP contribution in [0.15, 0.2) is 34.6 Å². The Kier molecular flexibility index (Phi) is 7.21. The van der Waals surface area contributed by atoms with Crippen LogP contribution in [0.1, 0.15) is 40.5 Å². The van der Waals surface area contributed by atoms with Crippen molar-refractivity contribution in [3.63, 3.8) is 0 Å². The van der Waals surface area contributed by atoms with Crippen LogP contribution in [0.25, 0.3) is 0 Å². The predicted octanol–water partition coefficient (Wildman–Crippen LogP) is 3.68. The van der Waals surface area contributed by atoms with Crippen LogP contribution in [-0.4, -0.2) is 55.8 Å². The smallest absolute Gasteiger partial charge is 0.147 e. The number of anilines is 2. The van der Waals surface area contributed by atoms with Crippen LogP contribution in [0.4, 0.5) is 11.6 Å². The second-order valence-electron chi connectivity index (χ2n) is 9.70. The predicted molar refractivity (Wildman–Crippen MR) is 134 cm³/mol. The summed E-state index contributed by atoms with van der Waals surface area (Å²) in [6, 6.07) is 1.70. The van der Waals surface area contributed by atoms with Crippen LogP contribution in [0, 0.1) is 5.41 Å². The second kappa shape index (κ2) is 9.65. The molecule has 33 heavy (non-hydrogen) atoms. The molecule has 2 saturated heterocycles. The molecule has 2 aliphatic heterocycles. The Morgan fingerprint density at radius 1 is 1.24 bits per heavy atom. The van der Waals surface area contributed by atoms with Crippen molar-refractivity contribution in [1.29, 1.82) is 0 Å². The molecule has 4 heterocycles. The largest absolute Gasteiger partial charge is 0.384 e. The van der Waals surface area contributed by atoms with E-state index in [0.29, 0.717) is 17.4 Å². The van der Waals surface area contributed by atoms with Crippen LogP contribution >= 0.6 is 23.4 Å². The van der Waals surface area contributed by atoms with E-state index in [2.05, 4.69) is 31.5 Å². The van der Waals surface area contributed by atoms with Crippen LogP contribution in [-0.2, 0) is 15.7 Å². The van der Waals surface area contributed by atoms with Crippen LogP contribution in [0.5, 0.6) is 0 Å². The molecule has 2 aromatic rings. The van der Waals surface area contributed by atoms with Crippen molar-refractivity contribution in [3.8, 4) is 0 Å². The maximum absolute atomic E-state index is 12.8. The van der Waals surface area contributed by atoms with Crippen molar-refractivity contribution in [3.05, 3.63) is 29.7 Å². The molecule has 0 aromatic carbocycles. The molecule has 3 atom stereocenters. The molecule has 2 fully saturated rings. The van der Waals surface area contributed by atoms with E-state index in [1.54, 1.807) is 24.7 Å². The van der Waals surface area contributed by atoms with Gasteiger partial charge in [0.15, 0.2) is 0 Å². The van der Waals surface area contributed by atoms with Gasteiger partial charge in [0.25, 0.3) is 0 Å². The van der Waals surface area contributed by atoms with E-state index < -0.39 is 11.0 Å². The van der Waals surface area contributed by atoms with Gasteiger partial charge in [-0.25, -0.2) is 23.9 Å². The lowest BCUT2D eigenvalue weighted by Crippen LogP contribution is -2.55. The Labute approximate surface area is 207 Å². The number of rotatable bonds is 5. The van der Waals surface area contributed by atoms with Gasteiger partial charge in [-0.3, -0.25) is 0 Å². The Morgan fingerprint density at radius 3 is 2.58 bits per heavy atom. The molecule has 3 N–H and O–H groups in total. The first-order chi connectivity index (χ1) is 15.6. The summed E-state index contributed by atoms with van der Waals surface area (Å²) in [4.78, 5) is 16.3. The number of ether oxygens (including phenoxy) is 1. The van der Waals surface area contributed by atoms with Crippen LogP contribution in [0.2, 0.25) is 5.02 Å². The van der Waals surface area contributed by atoms with E-state index in [9.17, 15) is 4.21 Å². The number of hydrogen-bond acceptors (Lipinski definition) is 8. The van der Waals surface area contributed by atoms with Gasteiger partial charge in [0, 0.05) is 30.8 Å². The number of piperidine rings is 1. The van der Waals surface area contributed by atoms with Gasteiger partial charge in [-0.15, -0.1) is 0 Å². The van der Waals surface area contributed by atoms with Gasteiger partial charge >= 0.3 is 0 Å². The first kappa shape index (κ1) is 24.7. The van der Waals surface area contributed by atoms with Crippen LogP contribution < -0.4 is 15.4 Å². The van der Waals surface area contributed by atoms with E-state index in [-0.39, 0.29) is 22.3 Å². The summed E-state index contributed by atoms with van der Waals surface area (Å²) in [7, 11) is -1.13. The number of nitrogen functional groups attached to an aromatic ring is 1. The zero-order chi connectivity index (χ0) is 23.8. The third-order valence-corrected chi connectivity index (χ3v) is 9.28. The maximum Gasteiger partial charge on any atom is 0.147 e. The Bertz CT molecular complexity index is 1010. The van der Waals surface area contributed by atoms with Gasteiger partial charge in [0.1, 0.15) is 16.7 Å². The highest BCUT2D eigenvalue weighted by molar-refractivity contribution is 7.99. The van der Waals surface area contributed by atoms with Crippen molar-refractivity contribution in [2.24, 2.45) is 5.41 Å². The van der Waals surface area contributed by atoms with Gasteiger partial charge < -0.3 is 15.4 Å². The highest BCUT2D eigenvalue weighted by Crippen LogP contribution is 2.43. The quantitative estimate of drug-likeness (QED) is 0.627. The fourth-order valence-electron chi connectivity index (χ4n) is 4.28. The van der Waals surface area contributed by atoms with Crippen molar-refractivity contribution < 1.29 is 8.95 Å². The molecule has 8 nitrogen and oxygen atoms in total. The molecule has 0 radical (unpaired) electrons. The standard InChI is InChI=1S/C22H31ClN6O2S2/c1-14-20(28-33(30)21(2,3)4)22(13-31-14)5-7-29(8-6-22)18-11-27-19(12-26-18)32-16-10-25-17(24)9-15(16)23/h9-12,14,20,28H,5-8,13H2,1-4H3,(H2,24,25)/t14-,20+,33+/m0/s1. The summed E-state index contributed by atoms with van der Waals surface area (Å²) in [5.41, 5.74) is 5.64. The summed E-state index contributed by atoms with van der Waals surface area (Å²) in [6.07, 6.45) is 7.13. The molecular formula is C22H31ClN6O2S2. The first-order valence-corrected chi connectivity index (χ1v) is 13.4. The summed E-state index contributed by atoms with van der Waals surface area (Å²) in [5.74, 6) is 1.24. The van der Waals surface area contributed by atoms with E-state index in [4.69, 9.17) is 22.1 Å². The van der Waals surface area contributed by atoms with E-state index in [1.165, 1.54) is 11.8 Å². The zero-order valence-corrected chi connectivity index (χ0v) is 21.8. The number of halogens is 1. The van der Waals surface area contributed by atoms with E-state index in [0.717, 1.165) is 41.7 Å². The minimum atomic E-state index is -1.13. The average molecular weight is 511 g/mol. The molecule has 4 rings (SSSR count). The van der Waals surface area contributed by atoms with Gasteiger partial charge in [0.05, 0.1) is 56.8 Å². The number of nitrogens with two attached hydrogens (primary N) is 1. The van der Waals surface area contributed by atoms with E-state index >= 15 is 0 Å². The van der Waals surface area contributed by atoms with Crippen molar-refractivity contribution >= 4 is 46.0 Å². The minimum absolute atomic E-state index is 0.0149. The summed E-state index contributed by atoms with van der Waals surface area (Å²) >= 11 is 7.64. The molecule has 0 amide bonds. The summed E-state index contributed by atoms with van der Waals surface area (Å²) < 4.78 is 21.9. The van der Waals surface area contributed by atoms with Gasteiger partial charge in [-0.05, 0) is 40.5 Å². The molecule has 11 heteroatoms. The summed E-state index contributed by atoms with van der Waals surface area (Å²) in [5, 5.41) is 1.29. The molecule has 2 aliphatic rings.